The number of thioether (sulfide) groups is 1. The van der Waals surface area contributed by atoms with Crippen molar-refractivity contribution in [3.05, 3.63) is 30.1 Å². The van der Waals surface area contributed by atoms with Crippen LogP contribution in [0.1, 0.15) is 0 Å². The van der Waals surface area contributed by atoms with E-state index in [0.717, 1.165) is 16.4 Å². The molecule has 0 saturated heterocycles. The summed E-state index contributed by atoms with van der Waals surface area (Å²) in [6.45, 7) is 1.36. The van der Waals surface area contributed by atoms with E-state index in [2.05, 4.69) is 12.6 Å². The zero-order valence-electron chi connectivity index (χ0n) is 7.78. The van der Waals surface area contributed by atoms with Crippen LogP contribution in [0.15, 0.2) is 29.2 Å². The van der Waals surface area contributed by atoms with Crippen molar-refractivity contribution in [3.63, 3.8) is 0 Å². The average molecular weight is 232 g/mol. The predicted molar refractivity (Wildman–Crippen MR) is 61.8 cm³/mol. The maximum atomic E-state index is 12.7. The van der Waals surface area contributed by atoms with Crippen LogP contribution in [-0.2, 0) is 4.74 Å². The van der Waals surface area contributed by atoms with Crippen molar-refractivity contribution >= 4 is 24.4 Å². The molecule has 0 aliphatic carbocycles. The lowest BCUT2D eigenvalue weighted by atomic mass is 10.4. The molecule has 0 amide bonds. The molecule has 78 valence electrons. The lowest BCUT2D eigenvalue weighted by molar-refractivity contribution is 0.167. The van der Waals surface area contributed by atoms with E-state index in [1.54, 1.807) is 17.8 Å². The van der Waals surface area contributed by atoms with E-state index >= 15 is 0 Å². The van der Waals surface area contributed by atoms with Crippen molar-refractivity contribution in [3.8, 4) is 0 Å². The predicted octanol–water partition coefficient (Wildman–Crippen LogP) is 2.86. The van der Waals surface area contributed by atoms with E-state index in [1.807, 2.05) is 6.07 Å². The van der Waals surface area contributed by atoms with Crippen molar-refractivity contribution < 1.29 is 9.13 Å². The molecular formula is C10H13FOS2. The molecular weight excluding hydrogens is 219 g/mol. The molecule has 0 spiro atoms. The molecule has 1 rings (SSSR count). The summed E-state index contributed by atoms with van der Waals surface area (Å²) in [5, 5.41) is 0. The first-order valence-electron chi connectivity index (χ1n) is 4.40. The van der Waals surface area contributed by atoms with Gasteiger partial charge in [0.2, 0.25) is 0 Å². The highest BCUT2D eigenvalue weighted by Crippen LogP contribution is 2.17. The Morgan fingerprint density at radius 3 is 2.93 bits per heavy atom. The molecule has 0 fully saturated rings. The summed E-state index contributed by atoms with van der Waals surface area (Å²) >= 11 is 5.62. The summed E-state index contributed by atoms with van der Waals surface area (Å²) in [4.78, 5) is 0.944. The smallest absolute Gasteiger partial charge is 0.124 e. The summed E-state index contributed by atoms with van der Waals surface area (Å²) < 4.78 is 18.0. The van der Waals surface area contributed by atoms with Gasteiger partial charge in [0.25, 0.3) is 0 Å². The van der Waals surface area contributed by atoms with Gasteiger partial charge < -0.3 is 4.74 Å². The molecule has 4 heteroatoms. The fourth-order valence-corrected chi connectivity index (χ4v) is 1.88. The number of ether oxygens (including phenoxy) is 1. The van der Waals surface area contributed by atoms with E-state index in [1.165, 1.54) is 12.1 Å². The first-order chi connectivity index (χ1) is 6.83. The minimum atomic E-state index is -0.189. The van der Waals surface area contributed by atoms with Crippen molar-refractivity contribution in [2.24, 2.45) is 0 Å². The molecule has 0 aliphatic rings. The average Bonchev–Trinajstić information content (AvgIpc) is 2.18. The molecule has 0 heterocycles. The van der Waals surface area contributed by atoms with Crippen molar-refractivity contribution in [1.29, 1.82) is 0 Å². The minimum absolute atomic E-state index is 0.189. The maximum absolute atomic E-state index is 12.7. The molecule has 0 aliphatic heterocycles. The fraction of sp³-hybridized carbons (Fsp3) is 0.400. The minimum Gasteiger partial charge on any atom is -0.380 e. The third-order valence-corrected chi connectivity index (χ3v) is 2.67. The van der Waals surface area contributed by atoms with Crippen LogP contribution in [0.3, 0.4) is 0 Å². The Kier molecular flexibility index (Phi) is 6.07. The SMILES string of the molecule is Fc1cccc(SCCOCCS)c1. The van der Waals surface area contributed by atoms with E-state index in [4.69, 9.17) is 4.74 Å². The number of benzene rings is 1. The van der Waals surface area contributed by atoms with E-state index in [0.29, 0.717) is 13.2 Å². The Labute approximate surface area is 93.4 Å². The molecule has 0 bridgehead atoms. The van der Waals surface area contributed by atoms with Crippen LogP contribution in [0.5, 0.6) is 0 Å². The second kappa shape index (κ2) is 7.15. The van der Waals surface area contributed by atoms with Gasteiger partial charge in [-0.1, -0.05) is 6.07 Å². The number of hydrogen-bond donors (Lipinski definition) is 1. The Bertz CT molecular complexity index is 268. The molecule has 0 N–H and O–H groups in total. The van der Waals surface area contributed by atoms with Crippen LogP contribution < -0.4 is 0 Å². The Balaban J connectivity index is 2.18. The largest absolute Gasteiger partial charge is 0.380 e. The lowest BCUT2D eigenvalue weighted by Crippen LogP contribution is -1.99. The standard InChI is InChI=1S/C10H13FOS2/c11-9-2-1-3-10(8-9)14-7-5-12-4-6-13/h1-3,8,13H,4-7H2. The third-order valence-electron chi connectivity index (χ3n) is 1.53. The zero-order chi connectivity index (χ0) is 10.2. The highest BCUT2D eigenvalue weighted by atomic mass is 32.2. The van der Waals surface area contributed by atoms with Gasteiger partial charge in [-0.2, -0.15) is 12.6 Å². The number of hydrogen-bond acceptors (Lipinski definition) is 3. The van der Waals surface area contributed by atoms with Crippen LogP contribution in [0.25, 0.3) is 0 Å². The molecule has 0 atom stereocenters. The molecule has 0 aromatic heterocycles. The molecule has 0 saturated carbocycles. The first kappa shape index (κ1) is 11.9. The van der Waals surface area contributed by atoms with E-state index < -0.39 is 0 Å². The van der Waals surface area contributed by atoms with Crippen LogP contribution in [-0.4, -0.2) is 24.7 Å². The van der Waals surface area contributed by atoms with E-state index in [9.17, 15) is 4.39 Å². The van der Waals surface area contributed by atoms with Crippen LogP contribution in [0, 0.1) is 5.82 Å². The normalized spacial score (nSPS) is 10.4. The molecule has 1 aromatic rings. The first-order valence-corrected chi connectivity index (χ1v) is 6.01. The summed E-state index contributed by atoms with van der Waals surface area (Å²) in [6, 6.07) is 6.59. The topological polar surface area (TPSA) is 9.23 Å². The zero-order valence-corrected chi connectivity index (χ0v) is 9.49. The summed E-state index contributed by atoms with van der Waals surface area (Å²) in [6.07, 6.45) is 0. The second-order valence-corrected chi connectivity index (χ2v) is 4.26. The van der Waals surface area contributed by atoms with Gasteiger partial charge in [0.1, 0.15) is 5.82 Å². The molecule has 0 radical (unpaired) electrons. The maximum Gasteiger partial charge on any atom is 0.124 e. The van der Waals surface area contributed by atoms with Gasteiger partial charge in [-0.15, -0.1) is 11.8 Å². The molecule has 1 aromatic carbocycles. The second-order valence-electron chi connectivity index (χ2n) is 2.64. The Morgan fingerprint density at radius 1 is 1.36 bits per heavy atom. The van der Waals surface area contributed by atoms with Gasteiger partial charge in [-0.05, 0) is 18.2 Å². The third kappa shape index (κ3) is 4.88. The number of halogens is 1. The van der Waals surface area contributed by atoms with Gasteiger partial charge in [-0.25, -0.2) is 4.39 Å². The molecule has 0 unspecified atom stereocenters. The summed E-state index contributed by atoms with van der Waals surface area (Å²) in [5.41, 5.74) is 0. The monoisotopic (exact) mass is 232 g/mol. The van der Waals surface area contributed by atoms with Crippen molar-refractivity contribution in [2.75, 3.05) is 24.7 Å². The molecule has 1 nitrogen and oxygen atoms in total. The van der Waals surface area contributed by atoms with Crippen molar-refractivity contribution in [2.45, 2.75) is 4.90 Å². The van der Waals surface area contributed by atoms with Crippen molar-refractivity contribution in [1.82, 2.24) is 0 Å². The van der Waals surface area contributed by atoms with Crippen LogP contribution in [0.4, 0.5) is 4.39 Å². The lowest BCUT2D eigenvalue weighted by Gasteiger charge is -2.02. The van der Waals surface area contributed by atoms with Gasteiger partial charge >= 0.3 is 0 Å². The van der Waals surface area contributed by atoms with Crippen LogP contribution >= 0.6 is 24.4 Å². The van der Waals surface area contributed by atoms with Gasteiger partial charge in [0.15, 0.2) is 0 Å². The highest BCUT2D eigenvalue weighted by molar-refractivity contribution is 7.99. The quantitative estimate of drug-likeness (QED) is 0.459. The van der Waals surface area contributed by atoms with Crippen LogP contribution in [0.2, 0.25) is 0 Å². The van der Waals surface area contributed by atoms with Gasteiger partial charge in [0.05, 0.1) is 13.2 Å². The Hall–Kier alpha value is -0.190. The van der Waals surface area contributed by atoms with Gasteiger partial charge in [-0.3, -0.25) is 0 Å². The number of thiol groups is 1. The summed E-state index contributed by atoms with van der Waals surface area (Å²) in [5.74, 6) is 1.40. The Morgan fingerprint density at radius 2 is 2.21 bits per heavy atom. The summed E-state index contributed by atoms with van der Waals surface area (Å²) in [7, 11) is 0. The van der Waals surface area contributed by atoms with Gasteiger partial charge in [0, 0.05) is 16.4 Å². The molecule has 14 heavy (non-hydrogen) atoms. The number of rotatable bonds is 6. The fourth-order valence-electron chi connectivity index (χ4n) is 0.942. The van der Waals surface area contributed by atoms with E-state index in [-0.39, 0.29) is 5.82 Å². The highest BCUT2D eigenvalue weighted by Gasteiger charge is 1.95.